The first-order chi connectivity index (χ1) is 14.9. The molecule has 1 fully saturated rings. The number of carbonyl (C=O) groups excluding carboxylic acids is 1. The zero-order chi connectivity index (χ0) is 22.0. The van der Waals surface area contributed by atoms with Gasteiger partial charge in [-0.05, 0) is 69.2 Å². The molecule has 6 nitrogen and oxygen atoms in total. The lowest BCUT2D eigenvalue weighted by Gasteiger charge is -2.37. The number of nitrogens with zero attached hydrogens (tertiary/aromatic N) is 3. The van der Waals surface area contributed by atoms with Crippen molar-refractivity contribution < 1.29 is 14.1 Å². The number of hydrogen-bond acceptors (Lipinski definition) is 5. The van der Waals surface area contributed by atoms with Crippen LogP contribution in [0.5, 0.6) is 5.75 Å². The first-order valence-corrected chi connectivity index (χ1v) is 10.7. The van der Waals surface area contributed by atoms with Gasteiger partial charge in [-0.15, -0.1) is 0 Å². The third kappa shape index (κ3) is 4.43. The van der Waals surface area contributed by atoms with Gasteiger partial charge in [0.25, 0.3) is 5.91 Å². The van der Waals surface area contributed by atoms with Crippen molar-refractivity contribution in [1.29, 1.82) is 0 Å². The molecule has 0 radical (unpaired) electrons. The molecule has 0 N–H and O–H groups in total. The number of benzene rings is 2. The Morgan fingerprint density at radius 2 is 1.71 bits per heavy atom. The largest absolute Gasteiger partial charge is 0.489 e. The number of piperazine rings is 1. The molecule has 0 spiro atoms. The first kappa shape index (κ1) is 21.0. The van der Waals surface area contributed by atoms with E-state index in [1.54, 1.807) is 0 Å². The van der Waals surface area contributed by atoms with Crippen LogP contribution < -0.4 is 9.64 Å². The zero-order valence-electron chi connectivity index (χ0n) is 18.6. The number of ether oxygens (including phenoxy) is 1. The van der Waals surface area contributed by atoms with E-state index < -0.39 is 0 Å². The van der Waals surface area contributed by atoms with Crippen LogP contribution in [0, 0.1) is 27.7 Å². The summed E-state index contributed by atoms with van der Waals surface area (Å²) in [4.78, 5) is 17.3. The highest BCUT2D eigenvalue weighted by atomic mass is 16.5. The van der Waals surface area contributed by atoms with E-state index >= 15 is 0 Å². The summed E-state index contributed by atoms with van der Waals surface area (Å²) in [5, 5.41) is 3.94. The van der Waals surface area contributed by atoms with Crippen LogP contribution in [0.4, 0.5) is 5.69 Å². The molecule has 0 saturated carbocycles. The van der Waals surface area contributed by atoms with E-state index in [-0.39, 0.29) is 5.91 Å². The highest BCUT2D eigenvalue weighted by molar-refractivity contribution is 5.94. The van der Waals surface area contributed by atoms with Gasteiger partial charge in [-0.1, -0.05) is 17.3 Å². The lowest BCUT2D eigenvalue weighted by molar-refractivity contribution is 0.0746. The fourth-order valence-corrected chi connectivity index (χ4v) is 3.97. The van der Waals surface area contributed by atoms with Crippen LogP contribution in [0.1, 0.15) is 38.5 Å². The van der Waals surface area contributed by atoms with E-state index in [0.29, 0.717) is 12.2 Å². The molecule has 2 aromatic carbocycles. The standard InChI is InChI=1S/C25H29N3O3/c1-17-6-5-7-24(18(17)2)27-12-14-28(15-13-27)25(29)21-8-10-22(11-9-21)30-16-23-19(3)26-31-20(23)4/h5-11H,12-16H2,1-4H3. The van der Waals surface area contributed by atoms with E-state index in [1.807, 2.05) is 43.0 Å². The van der Waals surface area contributed by atoms with Gasteiger partial charge < -0.3 is 19.1 Å². The zero-order valence-corrected chi connectivity index (χ0v) is 18.6. The summed E-state index contributed by atoms with van der Waals surface area (Å²) in [5.41, 5.74) is 6.37. The Morgan fingerprint density at radius 3 is 2.35 bits per heavy atom. The highest BCUT2D eigenvalue weighted by Gasteiger charge is 2.23. The van der Waals surface area contributed by atoms with Crippen molar-refractivity contribution in [3.63, 3.8) is 0 Å². The molecule has 0 atom stereocenters. The fraction of sp³-hybridized carbons (Fsp3) is 0.360. The minimum atomic E-state index is 0.0675. The second-order valence-electron chi connectivity index (χ2n) is 8.11. The Kier molecular flexibility index (Phi) is 5.98. The van der Waals surface area contributed by atoms with E-state index in [9.17, 15) is 4.79 Å². The van der Waals surface area contributed by atoms with Crippen molar-refractivity contribution >= 4 is 11.6 Å². The Balaban J connectivity index is 1.34. The summed E-state index contributed by atoms with van der Waals surface area (Å²) in [7, 11) is 0. The maximum Gasteiger partial charge on any atom is 0.253 e. The van der Waals surface area contributed by atoms with Gasteiger partial charge in [0.1, 0.15) is 18.1 Å². The number of aromatic nitrogens is 1. The molecule has 1 amide bonds. The van der Waals surface area contributed by atoms with Crippen molar-refractivity contribution in [2.24, 2.45) is 0 Å². The molecule has 0 unspecified atom stereocenters. The summed E-state index contributed by atoms with van der Waals surface area (Å²) in [6, 6.07) is 13.8. The molecule has 1 aliphatic rings. The predicted molar refractivity (Wildman–Crippen MR) is 121 cm³/mol. The maximum atomic E-state index is 13.0. The van der Waals surface area contributed by atoms with Gasteiger partial charge in [0.05, 0.1) is 11.3 Å². The number of anilines is 1. The van der Waals surface area contributed by atoms with Crippen molar-refractivity contribution in [2.45, 2.75) is 34.3 Å². The van der Waals surface area contributed by atoms with Crippen LogP contribution >= 0.6 is 0 Å². The van der Waals surface area contributed by atoms with Crippen LogP contribution in [0.2, 0.25) is 0 Å². The number of hydrogen-bond donors (Lipinski definition) is 0. The number of aryl methyl sites for hydroxylation is 3. The van der Waals surface area contributed by atoms with E-state index in [2.05, 4.69) is 42.1 Å². The Hall–Kier alpha value is -3.28. The molecular weight excluding hydrogens is 390 g/mol. The van der Waals surface area contributed by atoms with Crippen LogP contribution in [0.25, 0.3) is 0 Å². The van der Waals surface area contributed by atoms with Gasteiger partial charge in [-0.3, -0.25) is 4.79 Å². The number of rotatable bonds is 5. The Morgan fingerprint density at radius 1 is 1.00 bits per heavy atom. The van der Waals surface area contributed by atoms with Gasteiger partial charge in [0.2, 0.25) is 0 Å². The summed E-state index contributed by atoms with van der Waals surface area (Å²) < 4.78 is 11.0. The number of amides is 1. The fourth-order valence-electron chi connectivity index (χ4n) is 3.97. The van der Waals surface area contributed by atoms with E-state index in [0.717, 1.165) is 48.9 Å². The SMILES string of the molecule is Cc1cccc(N2CCN(C(=O)c3ccc(OCc4c(C)noc4C)cc3)CC2)c1C. The van der Waals surface area contributed by atoms with E-state index in [4.69, 9.17) is 9.26 Å². The third-order valence-corrected chi connectivity index (χ3v) is 6.15. The summed E-state index contributed by atoms with van der Waals surface area (Å²) in [6.07, 6.45) is 0. The first-order valence-electron chi connectivity index (χ1n) is 10.7. The molecule has 162 valence electrons. The average Bonchev–Trinajstić information content (AvgIpc) is 3.11. The van der Waals surface area contributed by atoms with Crippen LogP contribution in [0.15, 0.2) is 47.0 Å². The van der Waals surface area contributed by atoms with Crippen LogP contribution in [-0.4, -0.2) is 42.1 Å². The average molecular weight is 420 g/mol. The van der Waals surface area contributed by atoms with Crippen molar-refractivity contribution in [3.8, 4) is 5.75 Å². The second-order valence-corrected chi connectivity index (χ2v) is 8.11. The van der Waals surface area contributed by atoms with Crippen LogP contribution in [-0.2, 0) is 6.61 Å². The van der Waals surface area contributed by atoms with Gasteiger partial charge in [0, 0.05) is 37.4 Å². The summed E-state index contributed by atoms with van der Waals surface area (Å²) >= 11 is 0. The Bertz CT molecular complexity index is 1040. The molecule has 31 heavy (non-hydrogen) atoms. The molecule has 1 aliphatic heterocycles. The molecule has 4 rings (SSSR count). The monoisotopic (exact) mass is 419 g/mol. The molecule has 6 heteroatoms. The van der Waals surface area contributed by atoms with Gasteiger partial charge in [-0.25, -0.2) is 0 Å². The summed E-state index contributed by atoms with van der Waals surface area (Å²) in [6.45, 7) is 11.6. The minimum absolute atomic E-state index is 0.0675. The van der Waals surface area contributed by atoms with Crippen molar-refractivity contribution in [1.82, 2.24) is 10.1 Å². The quantitative estimate of drug-likeness (QED) is 0.612. The molecule has 1 saturated heterocycles. The lowest BCUT2D eigenvalue weighted by atomic mass is 10.1. The third-order valence-electron chi connectivity index (χ3n) is 6.15. The van der Waals surface area contributed by atoms with Crippen molar-refractivity contribution in [2.75, 3.05) is 31.1 Å². The molecule has 3 aromatic rings. The lowest BCUT2D eigenvalue weighted by Crippen LogP contribution is -2.49. The molecule has 2 heterocycles. The normalized spacial score (nSPS) is 14.1. The van der Waals surface area contributed by atoms with Gasteiger partial charge >= 0.3 is 0 Å². The van der Waals surface area contributed by atoms with Crippen LogP contribution in [0.3, 0.4) is 0 Å². The minimum Gasteiger partial charge on any atom is -0.489 e. The Labute approximate surface area is 183 Å². The number of carbonyl (C=O) groups is 1. The second kappa shape index (κ2) is 8.84. The highest BCUT2D eigenvalue weighted by Crippen LogP contribution is 2.24. The van der Waals surface area contributed by atoms with E-state index in [1.165, 1.54) is 16.8 Å². The molecule has 0 bridgehead atoms. The molecular formula is C25H29N3O3. The molecule has 1 aromatic heterocycles. The smallest absolute Gasteiger partial charge is 0.253 e. The van der Waals surface area contributed by atoms with Crippen molar-refractivity contribution in [3.05, 3.63) is 76.2 Å². The predicted octanol–water partition coefficient (Wildman–Crippen LogP) is 4.45. The van der Waals surface area contributed by atoms with Gasteiger partial charge in [-0.2, -0.15) is 0 Å². The van der Waals surface area contributed by atoms with Gasteiger partial charge in [0.15, 0.2) is 0 Å². The summed E-state index contributed by atoms with van der Waals surface area (Å²) in [5.74, 6) is 1.55. The molecule has 0 aliphatic carbocycles. The topological polar surface area (TPSA) is 58.8 Å². The maximum absolute atomic E-state index is 13.0.